The summed E-state index contributed by atoms with van der Waals surface area (Å²) in [5, 5.41) is 0. The molecule has 0 saturated carbocycles. The van der Waals surface area contributed by atoms with Gasteiger partial charge in [-0.1, -0.05) is 0 Å². The highest BCUT2D eigenvalue weighted by Crippen LogP contribution is 2.15. The summed E-state index contributed by atoms with van der Waals surface area (Å²) in [6.07, 6.45) is 4.19. The summed E-state index contributed by atoms with van der Waals surface area (Å²) < 4.78 is 10.4. The second kappa shape index (κ2) is 6.75. The zero-order chi connectivity index (χ0) is 13.7. The Morgan fingerprint density at radius 1 is 1.42 bits per heavy atom. The van der Waals surface area contributed by atoms with Crippen LogP contribution in [0.2, 0.25) is 0 Å². The Bertz CT molecular complexity index is 329. The van der Waals surface area contributed by atoms with Crippen LogP contribution in [0, 0.1) is 0 Å². The van der Waals surface area contributed by atoms with Gasteiger partial charge < -0.3 is 14.4 Å². The van der Waals surface area contributed by atoms with Crippen molar-refractivity contribution in [1.82, 2.24) is 9.80 Å². The summed E-state index contributed by atoms with van der Waals surface area (Å²) in [5.41, 5.74) is 0. The van der Waals surface area contributed by atoms with E-state index in [1.54, 1.807) is 11.9 Å². The van der Waals surface area contributed by atoms with Gasteiger partial charge in [0, 0.05) is 20.2 Å². The lowest BCUT2D eigenvalue weighted by Gasteiger charge is -2.26. The van der Waals surface area contributed by atoms with Crippen LogP contribution >= 0.6 is 0 Å². The molecule has 1 atom stereocenters. The fraction of sp³-hybridized carbons (Fsp3) is 0.846. The molecule has 0 aromatic carbocycles. The largest absolute Gasteiger partial charge is 0.448 e. The minimum Gasteiger partial charge on any atom is -0.448 e. The molecule has 2 amide bonds. The molecule has 1 unspecified atom stereocenters. The molecule has 0 spiro atoms. The standard InChI is InChI=1S/C13H22N2O4/c1-14(6-5-11-4-2-3-8-18-11)12(16)10-15-7-9-19-13(15)17/h11H,2-10H2,1H3. The van der Waals surface area contributed by atoms with E-state index in [0.717, 1.165) is 25.9 Å². The zero-order valence-corrected chi connectivity index (χ0v) is 11.5. The first-order valence-electron chi connectivity index (χ1n) is 6.94. The summed E-state index contributed by atoms with van der Waals surface area (Å²) in [5.74, 6) is -0.0466. The van der Waals surface area contributed by atoms with Crippen LogP contribution in [-0.4, -0.2) is 67.8 Å². The zero-order valence-electron chi connectivity index (χ0n) is 11.5. The van der Waals surface area contributed by atoms with Gasteiger partial charge in [-0.25, -0.2) is 4.79 Å². The number of carbonyl (C=O) groups is 2. The summed E-state index contributed by atoms with van der Waals surface area (Å²) >= 11 is 0. The Balaban J connectivity index is 1.68. The molecule has 0 aliphatic carbocycles. The third kappa shape index (κ3) is 4.09. The van der Waals surface area contributed by atoms with Crippen LogP contribution in [0.4, 0.5) is 4.79 Å². The highest BCUT2D eigenvalue weighted by molar-refractivity contribution is 5.82. The van der Waals surface area contributed by atoms with Crippen LogP contribution in [0.15, 0.2) is 0 Å². The van der Waals surface area contributed by atoms with Gasteiger partial charge in [0.1, 0.15) is 13.2 Å². The molecule has 0 bridgehead atoms. The lowest BCUT2D eigenvalue weighted by Crippen LogP contribution is -2.40. The molecule has 108 valence electrons. The van der Waals surface area contributed by atoms with E-state index < -0.39 is 6.09 Å². The van der Waals surface area contributed by atoms with Gasteiger partial charge in [0.05, 0.1) is 12.6 Å². The molecular weight excluding hydrogens is 248 g/mol. The molecule has 6 heteroatoms. The normalized spacial score (nSPS) is 23.3. The number of hydrogen-bond acceptors (Lipinski definition) is 4. The molecule has 2 aliphatic rings. The van der Waals surface area contributed by atoms with Gasteiger partial charge in [-0.2, -0.15) is 0 Å². The average molecular weight is 270 g/mol. The molecule has 2 heterocycles. The summed E-state index contributed by atoms with van der Waals surface area (Å²) in [6, 6.07) is 0. The van der Waals surface area contributed by atoms with Crippen molar-refractivity contribution < 1.29 is 19.1 Å². The van der Waals surface area contributed by atoms with E-state index in [0.29, 0.717) is 19.7 Å². The minimum absolute atomic E-state index is 0.0466. The van der Waals surface area contributed by atoms with Gasteiger partial charge in [-0.3, -0.25) is 9.69 Å². The number of rotatable bonds is 5. The molecule has 0 radical (unpaired) electrons. The predicted molar refractivity (Wildman–Crippen MR) is 68.8 cm³/mol. The number of carbonyl (C=O) groups excluding carboxylic acids is 2. The molecule has 2 saturated heterocycles. The SMILES string of the molecule is CN(CCC1CCCCO1)C(=O)CN1CCOC1=O. The molecule has 2 aliphatic heterocycles. The molecule has 2 fully saturated rings. The van der Waals surface area contributed by atoms with E-state index >= 15 is 0 Å². The van der Waals surface area contributed by atoms with Crippen LogP contribution in [0.3, 0.4) is 0 Å². The van der Waals surface area contributed by atoms with Crippen LogP contribution in [0.1, 0.15) is 25.7 Å². The van der Waals surface area contributed by atoms with E-state index in [4.69, 9.17) is 9.47 Å². The first-order valence-corrected chi connectivity index (χ1v) is 6.94. The number of cyclic esters (lactones) is 1. The van der Waals surface area contributed by atoms with Crippen LogP contribution in [0.25, 0.3) is 0 Å². The van der Waals surface area contributed by atoms with E-state index in [2.05, 4.69) is 0 Å². The molecule has 19 heavy (non-hydrogen) atoms. The van der Waals surface area contributed by atoms with Gasteiger partial charge >= 0.3 is 6.09 Å². The summed E-state index contributed by atoms with van der Waals surface area (Å²) in [6.45, 7) is 2.51. The second-order valence-corrected chi connectivity index (χ2v) is 5.13. The first-order chi connectivity index (χ1) is 9.16. The van der Waals surface area contributed by atoms with Gasteiger partial charge in [-0.05, 0) is 25.7 Å². The number of ether oxygens (including phenoxy) is 2. The van der Waals surface area contributed by atoms with Gasteiger partial charge in [0.15, 0.2) is 0 Å². The summed E-state index contributed by atoms with van der Waals surface area (Å²) in [4.78, 5) is 26.3. The monoisotopic (exact) mass is 270 g/mol. The third-order valence-electron chi connectivity index (χ3n) is 3.66. The molecule has 6 nitrogen and oxygen atoms in total. The van der Waals surface area contributed by atoms with Crippen LogP contribution < -0.4 is 0 Å². The van der Waals surface area contributed by atoms with Crippen molar-refractivity contribution in [1.29, 1.82) is 0 Å². The summed E-state index contributed by atoms with van der Waals surface area (Å²) in [7, 11) is 1.77. The van der Waals surface area contributed by atoms with Gasteiger partial charge in [0.2, 0.25) is 5.91 Å². The number of nitrogens with zero attached hydrogens (tertiary/aromatic N) is 2. The van der Waals surface area contributed by atoms with E-state index in [1.165, 1.54) is 11.3 Å². The molecular formula is C13H22N2O4. The highest BCUT2D eigenvalue weighted by Gasteiger charge is 2.25. The maximum Gasteiger partial charge on any atom is 0.410 e. The van der Waals surface area contributed by atoms with Crippen molar-refractivity contribution in [3.8, 4) is 0 Å². The van der Waals surface area contributed by atoms with E-state index in [1.807, 2.05) is 0 Å². The molecule has 0 aromatic rings. The maximum absolute atomic E-state index is 12.0. The Morgan fingerprint density at radius 3 is 2.89 bits per heavy atom. The van der Waals surface area contributed by atoms with Crippen molar-refractivity contribution in [3.63, 3.8) is 0 Å². The lowest BCUT2D eigenvalue weighted by molar-refractivity contribution is -0.130. The quantitative estimate of drug-likeness (QED) is 0.743. The predicted octanol–water partition coefficient (Wildman–Crippen LogP) is 0.856. The average Bonchev–Trinajstić information content (AvgIpc) is 2.82. The van der Waals surface area contributed by atoms with E-state index in [-0.39, 0.29) is 18.6 Å². The topological polar surface area (TPSA) is 59.1 Å². The van der Waals surface area contributed by atoms with Gasteiger partial charge in [0.25, 0.3) is 0 Å². The smallest absolute Gasteiger partial charge is 0.410 e. The maximum atomic E-state index is 12.0. The molecule has 0 aromatic heterocycles. The first kappa shape index (κ1) is 14.1. The van der Waals surface area contributed by atoms with Crippen molar-refractivity contribution in [2.75, 3.05) is 39.9 Å². The van der Waals surface area contributed by atoms with Crippen molar-refractivity contribution in [2.24, 2.45) is 0 Å². The lowest BCUT2D eigenvalue weighted by atomic mass is 10.1. The van der Waals surface area contributed by atoms with Crippen molar-refractivity contribution in [2.45, 2.75) is 31.8 Å². The Hall–Kier alpha value is -1.30. The van der Waals surface area contributed by atoms with Crippen LogP contribution in [-0.2, 0) is 14.3 Å². The van der Waals surface area contributed by atoms with Crippen LogP contribution in [0.5, 0.6) is 0 Å². The van der Waals surface area contributed by atoms with Gasteiger partial charge in [-0.15, -0.1) is 0 Å². The highest BCUT2D eigenvalue weighted by atomic mass is 16.6. The molecule has 0 N–H and O–H groups in total. The fourth-order valence-electron chi connectivity index (χ4n) is 2.35. The molecule has 2 rings (SSSR count). The second-order valence-electron chi connectivity index (χ2n) is 5.13. The minimum atomic E-state index is -0.391. The Kier molecular flexibility index (Phi) is 5.01. The number of likely N-dealkylation sites (N-methyl/N-ethyl adjacent to an activating group) is 1. The number of amides is 2. The van der Waals surface area contributed by atoms with Crippen molar-refractivity contribution in [3.05, 3.63) is 0 Å². The Labute approximate surface area is 113 Å². The third-order valence-corrected chi connectivity index (χ3v) is 3.66. The number of hydrogen-bond donors (Lipinski definition) is 0. The fourth-order valence-corrected chi connectivity index (χ4v) is 2.35. The van der Waals surface area contributed by atoms with E-state index in [9.17, 15) is 9.59 Å². The Morgan fingerprint density at radius 2 is 2.26 bits per heavy atom. The van der Waals surface area contributed by atoms with Crippen molar-refractivity contribution >= 4 is 12.0 Å².